The van der Waals surface area contributed by atoms with E-state index in [1.54, 1.807) is 25.1 Å². The highest BCUT2D eigenvalue weighted by molar-refractivity contribution is 7.92. The quantitative estimate of drug-likeness (QED) is 0.702. The van der Waals surface area contributed by atoms with Crippen LogP contribution in [0.3, 0.4) is 0 Å². The molecule has 1 N–H and O–H groups in total. The van der Waals surface area contributed by atoms with Crippen molar-refractivity contribution >= 4 is 33.2 Å². The Kier molecular flexibility index (Phi) is 7.06. The molecule has 6 nitrogen and oxygen atoms in total. The third kappa shape index (κ3) is 5.33. The number of aryl methyl sites for hydroxylation is 1. The molecule has 0 aliphatic carbocycles. The summed E-state index contributed by atoms with van der Waals surface area (Å²) in [6, 6.07) is 15.0. The number of benzene rings is 2. The molecule has 8 heteroatoms. The Labute approximate surface area is 183 Å². The number of ether oxygens (including phenoxy) is 1. The highest BCUT2D eigenvalue weighted by Crippen LogP contribution is 2.34. The first-order valence-corrected chi connectivity index (χ1v) is 12.1. The van der Waals surface area contributed by atoms with Gasteiger partial charge in [-0.25, -0.2) is 8.42 Å². The molecule has 0 aromatic heterocycles. The molecule has 2 aromatic rings. The lowest BCUT2D eigenvalue weighted by Gasteiger charge is -2.38. The molecule has 0 spiro atoms. The smallest absolute Gasteiger partial charge is 0.240 e. The minimum Gasteiger partial charge on any atom is -0.381 e. The van der Waals surface area contributed by atoms with Crippen molar-refractivity contribution in [3.63, 3.8) is 0 Å². The van der Waals surface area contributed by atoms with E-state index in [1.807, 2.05) is 18.2 Å². The average molecular weight is 451 g/mol. The second-order valence-electron chi connectivity index (χ2n) is 7.74. The Hall–Kier alpha value is -2.09. The number of rotatable bonds is 7. The SMILES string of the molecule is Cc1cc(Cl)ccc1N(CC(=O)NCC1(c2ccccc2)CCOCC1)S(C)(=O)=O. The fourth-order valence-electron chi connectivity index (χ4n) is 3.86. The number of carbonyl (C=O) groups excluding carboxylic acids is 1. The standard InChI is InChI=1S/C22H27ClN2O4S/c1-17-14-19(23)8-9-20(17)25(30(2,27)28)15-21(26)24-16-22(10-12-29-13-11-22)18-6-4-3-5-7-18/h3-9,14H,10-13,15-16H2,1-2H3,(H,24,26). The van der Waals surface area contributed by atoms with Gasteiger partial charge in [-0.2, -0.15) is 0 Å². The average Bonchev–Trinajstić information content (AvgIpc) is 2.72. The van der Waals surface area contributed by atoms with Gasteiger partial charge >= 0.3 is 0 Å². The minimum absolute atomic E-state index is 0.221. The summed E-state index contributed by atoms with van der Waals surface area (Å²) in [6.45, 7) is 3.16. The number of hydrogen-bond acceptors (Lipinski definition) is 4. The van der Waals surface area contributed by atoms with E-state index >= 15 is 0 Å². The Morgan fingerprint density at radius 2 is 1.83 bits per heavy atom. The van der Waals surface area contributed by atoms with Crippen LogP contribution in [0.4, 0.5) is 5.69 Å². The lowest BCUT2D eigenvalue weighted by atomic mass is 9.74. The van der Waals surface area contributed by atoms with Crippen LogP contribution in [0.5, 0.6) is 0 Å². The largest absolute Gasteiger partial charge is 0.381 e. The van der Waals surface area contributed by atoms with Crippen LogP contribution < -0.4 is 9.62 Å². The van der Waals surface area contributed by atoms with Crippen LogP contribution in [-0.4, -0.2) is 46.9 Å². The van der Waals surface area contributed by atoms with Crippen LogP contribution in [-0.2, 0) is 25.0 Å². The summed E-state index contributed by atoms with van der Waals surface area (Å²) in [5, 5.41) is 3.48. The van der Waals surface area contributed by atoms with Crippen molar-refractivity contribution in [2.75, 3.05) is 36.9 Å². The normalized spacial score (nSPS) is 16.1. The minimum atomic E-state index is -3.65. The number of anilines is 1. The van der Waals surface area contributed by atoms with Crippen molar-refractivity contribution in [1.82, 2.24) is 5.32 Å². The van der Waals surface area contributed by atoms with Gasteiger partial charge in [0.2, 0.25) is 15.9 Å². The van der Waals surface area contributed by atoms with Crippen LogP contribution in [0.15, 0.2) is 48.5 Å². The van der Waals surface area contributed by atoms with Crippen LogP contribution >= 0.6 is 11.6 Å². The molecule has 2 aromatic carbocycles. The molecule has 1 heterocycles. The van der Waals surface area contributed by atoms with Gasteiger partial charge in [-0.3, -0.25) is 9.10 Å². The molecule has 0 bridgehead atoms. The molecule has 0 unspecified atom stereocenters. The van der Waals surface area contributed by atoms with Crippen LogP contribution in [0, 0.1) is 6.92 Å². The van der Waals surface area contributed by atoms with E-state index in [1.165, 1.54) is 0 Å². The Balaban J connectivity index is 1.76. The van der Waals surface area contributed by atoms with E-state index < -0.39 is 10.0 Å². The zero-order valence-electron chi connectivity index (χ0n) is 17.2. The predicted molar refractivity (Wildman–Crippen MR) is 120 cm³/mol. The summed E-state index contributed by atoms with van der Waals surface area (Å²) in [4.78, 5) is 12.8. The highest BCUT2D eigenvalue weighted by Gasteiger charge is 2.35. The molecule has 1 aliphatic rings. The third-order valence-electron chi connectivity index (χ3n) is 5.58. The number of nitrogens with zero attached hydrogens (tertiary/aromatic N) is 1. The van der Waals surface area contributed by atoms with Crippen molar-refractivity contribution in [2.45, 2.75) is 25.2 Å². The van der Waals surface area contributed by atoms with Gasteiger partial charge in [-0.05, 0) is 49.1 Å². The van der Waals surface area contributed by atoms with Crippen LogP contribution in [0.2, 0.25) is 5.02 Å². The third-order valence-corrected chi connectivity index (χ3v) is 6.94. The summed E-state index contributed by atoms with van der Waals surface area (Å²) in [5.41, 5.74) is 2.07. The summed E-state index contributed by atoms with van der Waals surface area (Å²) >= 11 is 5.99. The van der Waals surface area contributed by atoms with Gasteiger partial charge in [-0.15, -0.1) is 0 Å². The van der Waals surface area contributed by atoms with Gasteiger partial charge in [0, 0.05) is 30.2 Å². The molecule has 0 radical (unpaired) electrons. The van der Waals surface area contributed by atoms with E-state index in [2.05, 4.69) is 17.4 Å². The summed E-state index contributed by atoms with van der Waals surface area (Å²) in [5.74, 6) is -0.350. The Morgan fingerprint density at radius 3 is 2.43 bits per heavy atom. The number of halogens is 1. The van der Waals surface area contributed by atoms with E-state index in [0.29, 0.717) is 36.0 Å². The van der Waals surface area contributed by atoms with Gasteiger partial charge < -0.3 is 10.1 Å². The van der Waals surface area contributed by atoms with Crippen molar-refractivity contribution < 1.29 is 17.9 Å². The van der Waals surface area contributed by atoms with E-state index in [9.17, 15) is 13.2 Å². The maximum Gasteiger partial charge on any atom is 0.240 e. The van der Waals surface area contributed by atoms with E-state index in [4.69, 9.17) is 16.3 Å². The van der Waals surface area contributed by atoms with Gasteiger partial charge in [-0.1, -0.05) is 41.9 Å². The van der Waals surface area contributed by atoms with E-state index in [0.717, 1.165) is 29.0 Å². The lowest BCUT2D eigenvalue weighted by molar-refractivity contribution is -0.120. The zero-order valence-corrected chi connectivity index (χ0v) is 18.8. The number of sulfonamides is 1. The van der Waals surface area contributed by atoms with Gasteiger partial charge in [0.15, 0.2) is 0 Å². The van der Waals surface area contributed by atoms with Crippen LogP contribution in [0.25, 0.3) is 0 Å². The molecular formula is C22H27ClN2O4S. The molecule has 1 fully saturated rings. The molecule has 0 atom stereocenters. The van der Waals surface area contributed by atoms with Crippen molar-refractivity contribution in [3.05, 3.63) is 64.7 Å². The first-order valence-electron chi connectivity index (χ1n) is 9.85. The Bertz CT molecular complexity index is 989. The fourth-order valence-corrected chi connectivity index (χ4v) is 5.00. The number of hydrogen-bond donors (Lipinski definition) is 1. The van der Waals surface area contributed by atoms with Gasteiger partial charge in [0.05, 0.1) is 11.9 Å². The topological polar surface area (TPSA) is 75.7 Å². The van der Waals surface area contributed by atoms with Gasteiger partial charge in [0.25, 0.3) is 0 Å². The molecule has 3 rings (SSSR count). The maximum absolute atomic E-state index is 12.8. The summed E-state index contributed by atoms with van der Waals surface area (Å²) in [7, 11) is -3.65. The van der Waals surface area contributed by atoms with Crippen molar-refractivity contribution in [2.24, 2.45) is 0 Å². The first-order chi connectivity index (χ1) is 14.2. The molecule has 30 heavy (non-hydrogen) atoms. The fraction of sp³-hybridized carbons (Fsp3) is 0.409. The number of carbonyl (C=O) groups is 1. The Morgan fingerprint density at radius 1 is 1.17 bits per heavy atom. The molecular weight excluding hydrogens is 424 g/mol. The van der Waals surface area contributed by atoms with E-state index in [-0.39, 0.29) is 17.9 Å². The zero-order chi connectivity index (χ0) is 21.8. The molecule has 1 saturated heterocycles. The molecule has 162 valence electrons. The summed E-state index contributed by atoms with van der Waals surface area (Å²) < 4.78 is 31.4. The summed E-state index contributed by atoms with van der Waals surface area (Å²) in [6.07, 6.45) is 2.69. The first kappa shape index (κ1) is 22.6. The van der Waals surface area contributed by atoms with Gasteiger partial charge in [0.1, 0.15) is 6.54 Å². The van der Waals surface area contributed by atoms with Crippen LogP contribution in [0.1, 0.15) is 24.0 Å². The number of amides is 1. The molecule has 1 amide bonds. The maximum atomic E-state index is 12.8. The lowest BCUT2D eigenvalue weighted by Crippen LogP contribution is -2.47. The predicted octanol–water partition coefficient (Wildman–Crippen LogP) is 3.28. The van der Waals surface area contributed by atoms with Crippen molar-refractivity contribution in [1.29, 1.82) is 0 Å². The highest BCUT2D eigenvalue weighted by atomic mass is 35.5. The molecule has 0 saturated carbocycles. The second-order valence-corrected chi connectivity index (χ2v) is 10.1. The van der Waals surface area contributed by atoms with Crippen molar-refractivity contribution in [3.8, 4) is 0 Å². The second kappa shape index (κ2) is 9.37. The molecule has 1 aliphatic heterocycles. The monoisotopic (exact) mass is 450 g/mol. The number of nitrogens with one attached hydrogen (secondary N) is 1.